The average Bonchev–Trinajstić information content (AvgIpc) is 3.77. The molecule has 1 aromatic carbocycles. The Kier molecular flexibility index (Phi) is 17.7. The fourth-order valence-corrected chi connectivity index (χ4v) is 10.2. The maximum absolute atomic E-state index is 14.5. The molecule has 20 heteroatoms. The van der Waals surface area contributed by atoms with Gasteiger partial charge in [-0.3, -0.25) is 19.8 Å². The van der Waals surface area contributed by atoms with E-state index in [9.17, 15) is 34.5 Å². The molecular formula is C47H75N5O15. The Morgan fingerprint density at radius 3 is 2.21 bits per heavy atom. The van der Waals surface area contributed by atoms with Crippen LogP contribution in [-0.2, 0) is 47.5 Å². The summed E-state index contributed by atoms with van der Waals surface area (Å²) in [4.78, 5) is 63.8. The molecule has 4 heterocycles. The van der Waals surface area contributed by atoms with Crippen molar-refractivity contribution in [2.75, 3.05) is 28.3 Å². The Labute approximate surface area is 393 Å². The molecule has 3 aliphatic heterocycles. The first-order chi connectivity index (χ1) is 31.3. The Bertz CT molecular complexity index is 2020. The maximum Gasteiger partial charge on any atom is 0.426 e. The number of cyclic esters (lactones) is 1. The van der Waals surface area contributed by atoms with Crippen LogP contribution in [0.15, 0.2) is 24.5 Å². The first kappa shape index (κ1) is 54.1. The van der Waals surface area contributed by atoms with Crippen LogP contribution in [0.2, 0.25) is 0 Å². The smallest absolute Gasteiger partial charge is 0.426 e. The molecule has 1 aromatic heterocycles. The van der Waals surface area contributed by atoms with Crippen molar-refractivity contribution in [3.63, 3.8) is 0 Å². The number of H-pyrrole nitrogens is 1. The number of methoxy groups -OCH3 is 2. The van der Waals surface area contributed by atoms with Gasteiger partial charge >= 0.3 is 12.1 Å². The topological polar surface area (TPSA) is 259 Å². The highest BCUT2D eigenvalue weighted by Crippen LogP contribution is 2.42. The van der Waals surface area contributed by atoms with Gasteiger partial charge in [-0.1, -0.05) is 27.7 Å². The number of rotatable bonds is 10. The van der Waals surface area contributed by atoms with Crippen molar-refractivity contribution in [2.45, 2.75) is 179 Å². The largest absolute Gasteiger partial charge is 0.459 e. The lowest BCUT2D eigenvalue weighted by atomic mass is 9.74. The quantitative estimate of drug-likeness (QED) is 0.147. The van der Waals surface area contributed by atoms with Gasteiger partial charge in [0.2, 0.25) is 0 Å². The highest BCUT2D eigenvalue weighted by molar-refractivity contribution is 5.97. The van der Waals surface area contributed by atoms with Crippen molar-refractivity contribution in [1.29, 1.82) is 0 Å². The molecule has 5 rings (SSSR count). The Morgan fingerprint density at radius 1 is 0.925 bits per heavy atom. The van der Waals surface area contributed by atoms with Gasteiger partial charge in [0, 0.05) is 50.0 Å². The first-order valence-corrected chi connectivity index (χ1v) is 23.2. The third-order valence-electron chi connectivity index (χ3n) is 14.4. The zero-order chi connectivity index (χ0) is 49.9. The predicted octanol–water partition coefficient (Wildman–Crippen LogP) is 3.39. The number of nitrogens with one attached hydrogen (secondary N) is 3. The zero-order valence-electron chi connectivity index (χ0n) is 41.4. The minimum Gasteiger partial charge on any atom is -0.459 e. The first-order valence-electron chi connectivity index (χ1n) is 23.2. The summed E-state index contributed by atoms with van der Waals surface area (Å²) in [6, 6.07) is 4.48. The van der Waals surface area contributed by atoms with Crippen LogP contribution in [-0.4, -0.2) is 167 Å². The number of aromatic amines is 1. The summed E-state index contributed by atoms with van der Waals surface area (Å²) in [5.74, 6) is -5.50. The maximum atomic E-state index is 14.5. The Morgan fingerprint density at radius 2 is 1.58 bits per heavy atom. The molecule has 3 aliphatic rings. The van der Waals surface area contributed by atoms with Gasteiger partial charge in [0.25, 0.3) is 5.91 Å². The van der Waals surface area contributed by atoms with E-state index in [2.05, 4.69) is 20.8 Å². The molecule has 2 aromatic rings. The SMILES string of the molecule is CC[C@H]1OC(=O)[C@H](C)[C@@H](O[C@H]2C[C@@](C)(OC)[C@@H](OC(=O)NNC(=O)c3ccc4nc[nH]c4c3)[C@H](C)O2)[C@H](C)[C@@H](O[C@@H]2O[C@H](C)C[C@H](N(C)C)[C@H]2O)[C@@](C)(OC)C[C@@H](C)C(=O)[C@H](C)[C@@H](O)[C@]1(C)O. The number of carbonyl (C=O) groups is 4. The molecule has 0 saturated carbocycles. The standard InChI is InChI=1S/C47H75N5O15/c1-15-33-47(10,59)38(55)25(4)35(53)23(2)20-45(8,60-13)39(66-43-36(54)32(52(11)12)18-24(3)62-43)26(5)37(27(6)42(57)64-33)65-34-21-46(9,61-14)40(28(7)63-34)67-44(58)51-50-41(56)29-16-17-30-31(19-29)49-22-48-30/h16-17,19,22-28,32-34,36-40,43,54-55,59H,15,18,20-21H2,1-14H3,(H,48,49)(H,50,56)(H,51,58)/t23-,24-,25+,26+,27-,28+,32+,33-,34+,36-,37+,38-,39-,40+,43+,45+,46-,47-/m1/s1. The molecule has 0 unspecified atom stereocenters. The number of benzene rings is 1. The van der Waals surface area contributed by atoms with Crippen LogP contribution in [0.25, 0.3) is 11.0 Å². The fraction of sp³-hybridized carbons (Fsp3) is 0.766. The van der Waals surface area contributed by atoms with Gasteiger partial charge in [-0.15, -0.1) is 0 Å². The number of ether oxygens (including phenoxy) is 8. The molecule has 0 bridgehead atoms. The number of carbonyl (C=O) groups excluding carboxylic acids is 4. The number of hydrazine groups is 1. The number of aliphatic hydroxyl groups is 3. The number of ketones is 1. The van der Waals surface area contributed by atoms with Crippen molar-refractivity contribution >= 4 is 34.8 Å². The highest BCUT2D eigenvalue weighted by atomic mass is 16.7. The number of likely N-dealkylation sites (N-methyl/N-ethyl adjacent to an activating group) is 1. The second-order valence-electron chi connectivity index (χ2n) is 19.7. The normalized spacial score (nSPS) is 40.5. The molecule has 2 amide bonds. The van der Waals surface area contributed by atoms with Gasteiger partial charge in [-0.25, -0.2) is 15.2 Å². The van der Waals surface area contributed by atoms with E-state index in [0.717, 1.165) is 0 Å². The fourth-order valence-electron chi connectivity index (χ4n) is 10.2. The van der Waals surface area contributed by atoms with Gasteiger partial charge in [0.15, 0.2) is 18.7 Å². The summed E-state index contributed by atoms with van der Waals surface area (Å²) in [5.41, 5.74) is 1.58. The van der Waals surface area contributed by atoms with Crippen LogP contribution >= 0.6 is 0 Å². The summed E-state index contributed by atoms with van der Waals surface area (Å²) < 4.78 is 50.6. The monoisotopic (exact) mass is 950 g/mol. The summed E-state index contributed by atoms with van der Waals surface area (Å²) in [6.45, 7) is 16.7. The number of hydrogen-bond acceptors (Lipinski definition) is 17. The predicted molar refractivity (Wildman–Crippen MR) is 242 cm³/mol. The molecule has 0 radical (unpaired) electrons. The van der Waals surface area contributed by atoms with Crippen molar-refractivity contribution in [2.24, 2.45) is 23.7 Å². The number of Topliss-reactive ketones (excluding diaryl/α,β-unsaturated/α-hetero) is 1. The minimum atomic E-state index is -2.03. The molecule has 6 N–H and O–H groups in total. The van der Waals surface area contributed by atoms with E-state index in [0.29, 0.717) is 17.5 Å². The summed E-state index contributed by atoms with van der Waals surface area (Å²) in [6.07, 6.45) is -9.52. The highest BCUT2D eigenvalue weighted by Gasteiger charge is 2.55. The second-order valence-corrected chi connectivity index (χ2v) is 19.7. The number of aromatic nitrogens is 2. The number of imidazole rings is 1. The van der Waals surface area contributed by atoms with Crippen LogP contribution in [0.5, 0.6) is 0 Å². The Hall–Kier alpha value is -3.83. The van der Waals surface area contributed by atoms with Crippen molar-refractivity contribution in [1.82, 2.24) is 25.7 Å². The number of nitrogens with zero attached hydrogens (tertiary/aromatic N) is 2. The van der Waals surface area contributed by atoms with Crippen LogP contribution in [0, 0.1) is 23.7 Å². The van der Waals surface area contributed by atoms with Crippen molar-refractivity contribution in [3.8, 4) is 0 Å². The van der Waals surface area contributed by atoms with Crippen LogP contribution in [0.3, 0.4) is 0 Å². The number of aliphatic hydroxyl groups excluding tert-OH is 2. The molecular weight excluding hydrogens is 875 g/mol. The van der Waals surface area contributed by atoms with E-state index in [1.165, 1.54) is 34.4 Å². The number of hydrogen-bond donors (Lipinski definition) is 6. The number of fused-ring (bicyclic) bond motifs is 1. The van der Waals surface area contributed by atoms with E-state index in [1.54, 1.807) is 66.7 Å². The van der Waals surface area contributed by atoms with Gasteiger partial charge < -0.3 is 63.1 Å². The van der Waals surface area contributed by atoms with Gasteiger partial charge in [0.1, 0.15) is 29.2 Å². The molecule has 3 saturated heterocycles. The average molecular weight is 950 g/mol. The van der Waals surface area contributed by atoms with Gasteiger partial charge in [0.05, 0.1) is 59.4 Å². The van der Waals surface area contributed by atoms with E-state index >= 15 is 0 Å². The summed E-state index contributed by atoms with van der Waals surface area (Å²) >= 11 is 0. The molecule has 0 spiro atoms. The molecule has 3 fully saturated rings. The van der Waals surface area contributed by atoms with E-state index in [-0.39, 0.29) is 42.8 Å². The summed E-state index contributed by atoms with van der Waals surface area (Å²) in [7, 11) is 6.64. The molecule has 18 atom stereocenters. The third kappa shape index (κ3) is 11.8. The Balaban J connectivity index is 1.48. The second kappa shape index (κ2) is 21.9. The van der Waals surface area contributed by atoms with Crippen LogP contribution in [0.1, 0.15) is 105 Å². The van der Waals surface area contributed by atoms with Crippen molar-refractivity contribution in [3.05, 3.63) is 30.1 Å². The van der Waals surface area contributed by atoms with Gasteiger partial charge in [-0.2, -0.15) is 0 Å². The third-order valence-corrected chi connectivity index (χ3v) is 14.4. The van der Waals surface area contributed by atoms with E-state index in [4.69, 9.17) is 37.9 Å². The molecule has 20 nitrogen and oxygen atoms in total. The molecule has 378 valence electrons. The van der Waals surface area contributed by atoms with Crippen molar-refractivity contribution < 1.29 is 72.4 Å². The van der Waals surface area contributed by atoms with E-state index < -0.39 is 114 Å². The zero-order valence-corrected chi connectivity index (χ0v) is 41.4. The minimum absolute atomic E-state index is 0.0329. The number of esters is 1. The lowest BCUT2D eigenvalue weighted by Crippen LogP contribution is -2.62. The number of amides is 2. The molecule has 67 heavy (non-hydrogen) atoms. The van der Waals surface area contributed by atoms with Gasteiger partial charge in [-0.05, 0) is 93.1 Å². The lowest BCUT2D eigenvalue weighted by Gasteiger charge is -2.50. The van der Waals surface area contributed by atoms with E-state index in [1.807, 2.05) is 25.9 Å². The van der Waals surface area contributed by atoms with Crippen LogP contribution < -0.4 is 10.9 Å². The molecule has 0 aliphatic carbocycles. The summed E-state index contributed by atoms with van der Waals surface area (Å²) in [5, 5.41) is 35.1. The lowest BCUT2D eigenvalue weighted by molar-refractivity contribution is -0.319. The van der Waals surface area contributed by atoms with Crippen LogP contribution in [0.4, 0.5) is 4.79 Å².